The van der Waals surface area contributed by atoms with Gasteiger partial charge < -0.3 is 4.98 Å². The van der Waals surface area contributed by atoms with Crippen LogP contribution in [0.3, 0.4) is 0 Å². The van der Waals surface area contributed by atoms with Gasteiger partial charge in [0.05, 0.1) is 10.9 Å². The Morgan fingerprint density at radius 2 is 1.67 bits per heavy atom. The summed E-state index contributed by atoms with van der Waals surface area (Å²) in [6.07, 6.45) is 3.43. The fourth-order valence-corrected chi connectivity index (χ4v) is 4.83. The Labute approximate surface area is 196 Å². The topological polar surface area (TPSA) is 93.5 Å². The number of nitrogens with zero attached hydrogens (tertiary/aromatic N) is 4. The van der Waals surface area contributed by atoms with Crippen LogP contribution in [0, 0.1) is 20.8 Å². The van der Waals surface area contributed by atoms with Crippen LogP contribution in [0.4, 0.5) is 0 Å². The van der Waals surface area contributed by atoms with Crippen molar-refractivity contribution in [1.29, 1.82) is 0 Å². The highest BCUT2D eigenvalue weighted by Gasteiger charge is 2.27. The molecule has 0 fully saturated rings. The van der Waals surface area contributed by atoms with Crippen LogP contribution in [0.15, 0.2) is 53.9 Å². The Bertz CT molecular complexity index is 1320. The van der Waals surface area contributed by atoms with Gasteiger partial charge >= 0.3 is 0 Å². The Morgan fingerprint density at radius 1 is 1.00 bits per heavy atom. The molecule has 168 valence electrons. The van der Waals surface area contributed by atoms with Crippen LogP contribution in [-0.2, 0) is 0 Å². The second-order valence-corrected chi connectivity index (χ2v) is 9.33. The Balaban J connectivity index is 1.72. The number of carbonyl (C=O) groups excluding carboxylic acids is 2. The van der Waals surface area contributed by atoms with Crippen LogP contribution < -0.4 is 0 Å². The summed E-state index contributed by atoms with van der Waals surface area (Å²) >= 11 is 1.34. The van der Waals surface area contributed by atoms with Crippen molar-refractivity contribution in [2.24, 2.45) is 0 Å². The minimum Gasteiger partial charge on any atom is -0.355 e. The largest absolute Gasteiger partial charge is 0.355 e. The van der Waals surface area contributed by atoms with E-state index in [-0.39, 0.29) is 11.6 Å². The zero-order chi connectivity index (χ0) is 23.7. The summed E-state index contributed by atoms with van der Waals surface area (Å²) < 4.78 is 1.96. The fraction of sp³-hybridized carbons (Fsp3) is 0.240. The SMILES string of the molecule is CC(=O)c1c(C)[nH]c(C(=O)C(C)Sc2nnc(-c3ccncc3)n2-c2ccc(C)cc2)c1C. The maximum atomic E-state index is 13.3. The average molecular weight is 460 g/mol. The lowest BCUT2D eigenvalue weighted by Crippen LogP contribution is -2.16. The molecule has 33 heavy (non-hydrogen) atoms. The van der Waals surface area contributed by atoms with Crippen molar-refractivity contribution in [2.75, 3.05) is 0 Å². The quantitative estimate of drug-likeness (QED) is 0.303. The highest BCUT2D eigenvalue weighted by atomic mass is 32.2. The standard InChI is InChI=1S/C25H25N5O2S/c1-14-6-8-20(9-7-14)30-24(19-10-12-26-13-11-19)28-29-25(30)33-18(5)23(32)22-15(2)21(17(4)31)16(3)27-22/h6-13,18,27H,1-5H3. The first kappa shape index (κ1) is 22.7. The van der Waals surface area contributed by atoms with Gasteiger partial charge in [0.25, 0.3) is 0 Å². The van der Waals surface area contributed by atoms with E-state index < -0.39 is 5.25 Å². The molecule has 0 bridgehead atoms. The van der Waals surface area contributed by atoms with E-state index in [1.165, 1.54) is 18.7 Å². The van der Waals surface area contributed by atoms with Crippen molar-refractivity contribution in [3.63, 3.8) is 0 Å². The van der Waals surface area contributed by atoms with Crippen molar-refractivity contribution in [3.05, 3.63) is 76.9 Å². The number of aromatic nitrogens is 5. The van der Waals surface area contributed by atoms with Gasteiger partial charge in [0.15, 0.2) is 22.5 Å². The molecule has 3 heterocycles. The number of pyridine rings is 1. The van der Waals surface area contributed by atoms with Gasteiger partial charge in [-0.15, -0.1) is 10.2 Å². The van der Waals surface area contributed by atoms with E-state index in [9.17, 15) is 9.59 Å². The third-order valence-electron chi connectivity index (χ3n) is 5.55. The van der Waals surface area contributed by atoms with Crippen LogP contribution in [-0.4, -0.2) is 41.5 Å². The van der Waals surface area contributed by atoms with Gasteiger partial charge in [0.1, 0.15) is 0 Å². The highest BCUT2D eigenvalue weighted by Crippen LogP contribution is 2.32. The molecule has 1 unspecified atom stereocenters. The average Bonchev–Trinajstić information content (AvgIpc) is 3.34. The molecule has 4 aromatic rings. The summed E-state index contributed by atoms with van der Waals surface area (Å²) in [6, 6.07) is 11.8. The number of rotatable bonds is 7. The summed E-state index contributed by atoms with van der Waals surface area (Å²) in [4.78, 5) is 32.5. The molecule has 1 atom stereocenters. The molecule has 0 aliphatic heterocycles. The van der Waals surface area contributed by atoms with Crippen LogP contribution in [0.25, 0.3) is 17.1 Å². The third-order valence-corrected chi connectivity index (χ3v) is 6.59. The molecule has 0 radical (unpaired) electrons. The fourth-order valence-electron chi connectivity index (χ4n) is 3.90. The molecule has 0 spiro atoms. The minimum atomic E-state index is -0.444. The number of Topliss-reactive ketones (excluding diaryl/α,β-unsaturated/α-hetero) is 2. The molecule has 0 saturated carbocycles. The monoisotopic (exact) mass is 459 g/mol. The maximum absolute atomic E-state index is 13.3. The number of ketones is 2. The number of benzene rings is 1. The van der Waals surface area contributed by atoms with Gasteiger partial charge in [-0.05, 0) is 64.4 Å². The number of nitrogens with one attached hydrogen (secondary N) is 1. The first-order valence-electron chi connectivity index (χ1n) is 10.6. The number of hydrogen-bond donors (Lipinski definition) is 1. The van der Waals surface area contributed by atoms with Crippen molar-refractivity contribution in [3.8, 4) is 17.1 Å². The summed E-state index contributed by atoms with van der Waals surface area (Å²) in [6.45, 7) is 9.01. The van der Waals surface area contributed by atoms with Gasteiger partial charge in [0.2, 0.25) is 0 Å². The van der Waals surface area contributed by atoms with Crippen molar-refractivity contribution in [2.45, 2.75) is 45.0 Å². The van der Waals surface area contributed by atoms with E-state index in [0.717, 1.165) is 16.8 Å². The second-order valence-electron chi connectivity index (χ2n) is 8.02. The van der Waals surface area contributed by atoms with Crippen molar-refractivity contribution in [1.82, 2.24) is 24.7 Å². The molecule has 8 heteroatoms. The van der Waals surface area contributed by atoms with Gasteiger partial charge in [-0.1, -0.05) is 29.5 Å². The summed E-state index contributed by atoms with van der Waals surface area (Å²) in [5.41, 5.74) is 5.38. The van der Waals surface area contributed by atoms with Crippen LogP contribution in [0.1, 0.15) is 51.5 Å². The first-order chi connectivity index (χ1) is 15.8. The van der Waals surface area contributed by atoms with E-state index >= 15 is 0 Å². The summed E-state index contributed by atoms with van der Waals surface area (Å²) in [5, 5.41) is 9.02. The smallest absolute Gasteiger partial charge is 0.196 e. The van der Waals surface area contributed by atoms with Crippen LogP contribution >= 0.6 is 11.8 Å². The molecule has 0 amide bonds. The lowest BCUT2D eigenvalue weighted by molar-refractivity contribution is 0.0988. The van der Waals surface area contributed by atoms with Crippen molar-refractivity contribution < 1.29 is 9.59 Å². The third kappa shape index (κ3) is 4.39. The van der Waals surface area contributed by atoms with E-state index in [4.69, 9.17) is 0 Å². The molecule has 1 N–H and O–H groups in total. The minimum absolute atomic E-state index is 0.0540. The summed E-state index contributed by atoms with van der Waals surface area (Å²) in [5.74, 6) is 0.535. The molecule has 1 aromatic carbocycles. The molecule has 7 nitrogen and oxygen atoms in total. The van der Waals surface area contributed by atoms with E-state index in [1.54, 1.807) is 19.3 Å². The summed E-state index contributed by atoms with van der Waals surface area (Å²) in [7, 11) is 0. The zero-order valence-corrected chi connectivity index (χ0v) is 20.0. The lowest BCUT2D eigenvalue weighted by atomic mass is 10.0. The van der Waals surface area contributed by atoms with Crippen LogP contribution in [0.2, 0.25) is 0 Å². The van der Waals surface area contributed by atoms with Gasteiger partial charge in [-0.2, -0.15) is 0 Å². The molecule has 0 aliphatic carbocycles. The predicted molar refractivity (Wildman–Crippen MR) is 129 cm³/mol. The number of hydrogen-bond acceptors (Lipinski definition) is 6. The maximum Gasteiger partial charge on any atom is 0.196 e. The number of H-pyrrole nitrogens is 1. The molecule has 3 aromatic heterocycles. The Kier molecular flexibility index (Phi) is 6.29. The Morgan fingerprint density at radius 3 is 2.27 bits per heavy atom. The lowest BCUT2D eigenvalue weighted by Gasteiger charge is -2.13. The van der Waals surface area contributed by atoms with Gasteiger partial charge in [-0.25, -0.2) is 0 Å². The molecule has 0 saturated heterocycles. The molecular formula is C25H25N5O2S. The first-order valence-corrected chi connectivity index (χ1v) is 11.5. The van der Waals surface area contributed by atoms with Gasteiger partial charge in [0, 0.05) is 34.9 Å². The number of carbonyl (C=O) groups is 2. The molecule has 0 aliphatic rings. The number of thioether (sulfide) groups is 1. The zero-order valence-electron chi connectivity index (χ0n) is 19.2. The van der Waals surface area contributed by atoms with Crippen molar-refractivity contribution >= 4 is 23.3 Å². The predicted octanol–water partition coefficient (Wildman–Crippen LogP) is 5.15. The molecule has 4 rings (SSSR count). The molecular weight excluding hydrogens is 434 g/mol. The number of aryl methyl sites for hydroxylation is 2. The van der Waals surface area contributed by atoms with Gasteiger partial charge in [-0.3, -0.25) is 19.1 Å². The Hall–Kier alpha value is -3.52. The van der Waals surface area contributed by atoms with E-state index in [2.05, 4.69) is 20.2 Å². The number of aromatic amines is 1. The van der Waals surface area contributed by atoms with E-state index in [1.807, 2.05) is 61.7 Å². The second kappa shape index (κ2) is 9.15. The highest BCUT2D eigenvalue weighted by molar-refractivity contribution is 8.00. The van der Waals surface area contributed by atoms with E-state index in [0.29, 0.717) is 33.5 Å². The van der Waals surface area contributed by atoms with Crippen LogP contribution in [0.5, 0.6) is 0 Å². The normalized spacial score (nSPS) is 12.0.